The van der Waals surface area contributed by atoms with E-state index < -0.39 is 18.2 Å². The van der Waals surface area contributed by atoms with E-state index in [1.54, 1.807) is 43.5 Å². The Morgan fingerprint density at radius 1 is 0.838 bits per heavy atom. The van der Waals surface area contributed by atoms with Gasteiger partial charge in [0.25, 0.3) is 0 Å². The molecule has 1 heterocycles. The van der Waals surface area contributed by atoms with Gasteiger partial charge in [-0.2, -0.15) is 0 Å². The van der Waals surface area contributed by atoms with Crippen molar-refractivity contribution >= 4 is 40.6 Å². The highest BCUT2D eigenvalue weighted by Gasteiger charge is 2.11. The van der Waals surface area contributed by atoms with Crippen LogP contribution in [0, 0.1) is 3.57 Å². The van der Waals surface area contributed by atoms with Crippen molar-refractivity contribution < 1.29 is 23.8 Å². The lowest BCUT2D eigenvalue weighted by Crippen LogP contribution is -2.16. The first-order valence-corrected chi connectivity index (χ1v) is 12.6. The number of pyridine rings is 1. The van der Waals surface area contributed by atoms with Crippen LogP contribution in [0.5, 0.6) is 5.75 Å². The highest BCUT2D eigenvalue weighted by molar-refractivity contribution is 14.1. The maximum Gasteiger partial charge on any atom is 0.340 e. The lowest BCUT2D eigenvalue weighted by atomic mass is 10.0. The van der Waals surface area contributed by atoms with Gasteiger partial charge in [0.2, 0.25) is 0 Å². The standard InChI is InChI=1S/C30H24INO5/c1-20(35-2)36-30(34)24-8-6-22(7-9-24)25-12-17-28(32-19-25)23-10-15-27(16-11-23)37-29(33)18-5-21-3-13-26(31)14-4-21/h3-20H,1-2H3/b18-5+. The predicted molar refractivity (Wildman–Crippen MR) is 151 cm³/mol. The van der Waals surface area contributed by atoms with Crippen LogP contribution in [0.3, 0.4) is 0 Å². The van der Waals surface area contributed by atoms with Crippen molar-refractivity contribution in [2.45, 2.75) is 13.2 Å². The predicted octanol–water partition coefficient (Wildman–Crippen LogP) is 6.79. The molecule has 0 saturated heterocycles. The Morgan fingerprint density at radius 3 is 2.11 bits per heavy atom. The number of carbonyl (C=O) groups excluding carboxylic acids is 2. The number of aromatic nitrogens is 1. The van der Waals surface area contributed by atoms with Crippen molar-refractivity contribution in [2.75, 3.05) is 7.11 Å². The summed E-state index contributed by atoms with van der Waals surface area (Å²) in [4.78, 5) is 28.8. The fraction of sp³-hybridized carbons (Fsp3) is 0.100. The second kappa shape index (κ2) is 12.4. The molecule has 0 radical (unpaired) electrons. The van der Waals surface area contributed by atoms with Crippen molar-refractivity contribution in [1.29, 1.82) is 0 Å². The zero-order chi connectivity index (χ0) is 26.2. The van der Waals surface area contributed by atoms with E-state index >= 15 is 0 Å². The number of hydrogen-bond donors (Lipinski definition) is 0. The van der Waals surface area contributed by atoms with Gasteiger partial charge in [0.1, 0.15) is 5.75 Å². The van der Waals surface area contributed by atoms with Gasteiger partial charge in [0, 0.05) is 34.1 Å². The summed E-state index contributed by atoms with van der Waals surface area (Å²) in [6.45, 7) is 1.66. The van der Waals surface area contributed by atoms with E-state index in [0.29, 0.717) is 11.3 Å². The van der Waals surface area contributed by atoms with E-state index in [2.05, 4.69) is 27.6 Å². The van der Waals surface area contributed by atoms with Gasteiger partial charge in [-0.3, -0.25) is 4.98 Å². The minimum atomic E-state index is -0.606. The minimum absolute atomic E-state index is 0.439. The van der Waals surface area contributed by atoms with E-state index in [4.69, 9.17) is 14.2 Å². The van der Waals surface area contributed by atoms with Crippen molar-refractivity contribution in [3.05, 3.63) is 112 Å². The first-order valence-electron chi connectivity index (χ1n) is 11.5. The third kappa shape index (κ3) is 7.34. The van der Waals surface area contributed by atoms with Gasteiger partial charge >= 0.3 is 11.9 Å². The maximum absolute atomic E-state index is 12.1. The minimum Gasteiger partial charge on any atom is -0.432 e. The quantitative estimate of drug-likeness (QED) is 0.0725. The summed E-state index contributed by atoms with van der Waals surface area (Å²) in [5.41, 5.74) is 4.90. The van der Waals surface area contributed by atoms with E-state index in [0.717, 1.165) is 31.5 Å². The molecule has 0 amide bonds. The van der Waals surface area contributed by atoms with E-state index in [1.165, 1.54) is 13.2 Å². The molecule has 0 N–H and O–H groups in total. The molecule has 6 nitrogen and oxygen atoms in total. The second-order valence-electron chi connectivity index (χ2n) is 8.05. The highest BCUT2D eigenvalue weighted by Crippen LogP contribution is 2.25. The number of benzene rings is 3. The number of rotatable bonds is 8. The molecule has 0 aliphatic heterocycles. The van der Waals surface area contributed by atoms with Gasteiger partial charge < -0.3 is 14.2 Å². The van der Waals surface area contributed by atoms with E-state index in [1.807, 2.05) is 60.7 Å². The Labute approximate surface area is 229 Å². The summed E-state index contributed by atoms with van der Waals surface area (Å²) < 4.78 is 16.6. The summed E-state index contributed by atoms with van der Waals surface area (Å²) in [5.74, 6) is -0.428. The molecule has 0 bridgehead atoms. The summed E-state index contributed by atoms with van der Waals surface area (Å²) in [6.07, 6.45) is 4.30. The molecule has 1 atom stereocenters. The molecule has 7 heteroatoms. The van der Waals surface area contributed by atoms with Crippen molar-refractivity contribution in [1.82, 2.24) is 4.98 Å². The molecular formula is C30H24INO5. The first kappa shape index (κ1) is 26.2. The number of methoxy groups -OCH3 is 1. The number of halogens is 1. The summed E-state index contributed by atoms with van der Waals surface area (Å²) in [6, 6.07) is 26.0. The van der Waals surface area contributed by atoms with Crippen molar-refractivity contribution in [3.8, 4) is 28.1 Å². The molecule has 1 unspecified atom stereocenters. The average Bonchev–Trinajstić information content (AvgIpc) is 2.93. The third-order valence-electron chi connectivity index (χ3n) is 5.47. The third-order valence-corrected chi connectivity index (χ3v) is 6.19. The molecule has 0 spiro atoms. The Kier molecular flexibility index (Phi) is 8.81. The SMILES string of the molecule is COC(C)OC(=O)c1ccc(-c2ccc(-c3ccc(OC(=O)/C=C/c4ccc(I)cc4)cc3)nc2)cc1. The molecule has 0 fully saturated rings. The molecule has 0 saturated carbocycles. The molecule has 0 aliphatic carbocycles. The van der Waals surface area contributed by atoms with Gasteiger partial charge in [0.15, 0.2) is 6.29 Å². The number of nitrogens with zero attached hydrogens (tertiary/aromatic N) is 1. The van der Waals surface area contributed by atoms with Gasteiger partial charge in [-0.25, -0.2) is 9.59 Å². The van der Waals surface area contributed by atoms with Crippen LogP contribution in [0.1, 0.15) is 22.8 Å². The van der Waals surface area contributed by atoms with E-state index in [-0.39, 0.29) is 0 Å². The maximum atomic E-state index is 12.1. The first-order chi connectivity index (χ1) is 17.9. The molecule has 4 rings (SSSR count). The Morgan fingerprint density at radius 2 is 1.49 bits per heavy atom. The molecular weight excluding hydrogens is 581 g/mol. The molecule has 37 heavy (non-hydrogen) atoms. The van der Waals surface area contributed by atoms with E-state index in [9.17, 15) is 9.59 Å². The van der Waals surface area contributed by atoms with Gasteiger partial charge in [0.05, 0.1) is 11.3 Å². The van der Waals surface area contributed by atoms with Crippen LogP contribution >= 0.6 is 22.6 Å². The van der Waals surface area contributed by atoms with Crippen LogP contribution in [-0.4, -0.2) is 30.3 Å². The topological polar surface area (TPSA) is 74.7 Å². The van der Waals surface area contributed by atoms with Crippen LogP contribution in [0.25, 0.3) is 28.5 Å². The second-order valence-corrected chi connectivity index (χ2v) is 9.29. The molecule has 0 aliphatic rings. The monoisotopic (exact) mass is 605 g/mol. The molecule has 4 aromatic rings. The Hall–Kier alpha value is -3.82. The zero-order valence-corrected chi connectivity index (χ0v) is 22.4. The van der Waals surface area contributed by atoms with Crippen LogP contribution in [0.4, 0.5) is 0 Å². The summed E-state index contributed by atoms with van der Waals surface area (Å²) in [7, 11) is 1.48. The lowest BCUT2D eigenvalue weighted by molar-refractivity contribution is -0.128. The Balaban J connectivity index is 1.36. The summed E-state index contributed by atoms with van der Waals surface area (Å²) >= 11 is 2.23. The Bertz CT molecular complexity index is 1380. The summed E-state index contributed by atoms with van der Waals surface area (Å²) in [5, 5.41) is 0. The number of ether oxygens (including phenoxy) is 3. The zero-order valence-electron chi connectivity index (χ0n) is 20.3. The number of esters is 2. The van der Waals surface area contributed by atoms with Gasteiger partial charge in [-0.15, -0.1) is 0 Å². The average molecular weight is 605 g/mol. The fourth-order valence-corrected chi connectivity index (χ4v) is 3.74. The molecule has 1 aromatic heterocycles. The van der Waals surface area contributed by atoms with Crippen LogP contribution in [0.2, 0.25) is 0 Å². The smallest absolute Gasteiger partial charge is 0.340 e. The normalized spacial score (nSPS) is 11.8. The fourth-order valence-electron chi connectivity index (χ4n) is 3.38. The number of hydrogen-bond acceptors (Lipinski definition) is 6. The van der Waals surface area contributed by atoms with Crippen LogP contribution in [-0.2, 0) is 14.3 Å². The van der Waals surface area contributed by atoms with Crippen molar-refractivity contribution in [3.63, 3.8) is 0 Å². The molecule has 186 valence electrons. The molecule has 3 aromatic carbocycles. The highest BCUT2D eigenvalue weighted by atomic mass is 127. The van der Waals surface area contributed by atoms with Crippen molar-refractivity contribution in [2.24, 2.45) is 0 Å². The van der Waals surface area contributed by atoms with Crippen LogP contribution in [0.15, 0.2) is 97.2 Å². The lowest BCUT2D eigenvalue weighted by Gasteiger charge is -2.11. The number of carbonyl (C=O) groups is 2. The van der Waals surface area contributed by atoms with Crippen LogP contribution < -0.4 is 4.74 Å². The largest absolute Gasteiger partial charge is 0.432 e. The van der Waals surface area contributed by atoms with Gasteiger partial charge in [-0.05, 0) is 101 Å². The van der Waals surface area contributed by atoms with Gasteiger partial charge in [-0.1, -0.05) is 30.3 Å².